The summed E-state index contributed by atoms with van der Waals surface area (Å²) >= 11 is 0. The molecule has 0 fully saturated rings. The monoisotopic (exact) mass is 228 g/mol. The average molecular weight is 228 g/mol. The van der Waals surface area contributed by atoms with E-state index < -0.39 is 11.7 Å². The Balaban J connectivity index is 2.57. The summed E-state index contributed by atoms with van der Waals surface area (Å²) < 4.78 is 37.9. The van der Waals surface area contributed by atoms with E-state index in [1.165, 1.54) is 18.5 Å². The third kappa shape index (κ3) is 1.88. The number of nitrogens with zero attached hydrogens (tertiary/aromatic N) is 4. The van der Waals surface area contributed by atoms with Crippen LogP contribution in [0.5, 0.6) is 0 Å². The Kier molecular flexibility index (Phi) is 2.37. The van der Waals surface area contributed by atoms with Crippen molar-refractivity contribution in [2.24, 2.45) is 0 Å². The summed E-state index contributed by atoms with van der Waals surface area (Å²) in [6, 6.07) is 2.17. The first-order valence-electron chi connectivity index (χ1n) is 4.40. The summed E-state index contributed by atoms with van der Waals surface area (Å²) in [6.45, 7) is 1.64. The second kappa shape index (κ2) is 3.58. The van der Waals surface area contributed by atoms with Crippen LogP contribution in [0.15, 0.2) is 24.5 Å². The van der Waals surface area contributed by atoms with E-state index in [1.807, 2.05) is 0 Å². The molecular weight excluding hydrogens is 221 g/mol. The smallest absolute Gasteiger partial charge is 0.235 e. The van der Waals surface area contributed by atoms with Gasteiger partial charge < -0.3 is 0 Å². The van der Waals surface area contributed by atoms with E-state index in [4.69, 9.17) is 0 Å². The minimum absolute atomic E-state index is 0.317. The molecule has 2 aromatic rings. The maximum absolute atomic E-state index is 12.6. The summed E-state index contributed by atoms with van der Waals surface area (Å²) in [7, 11) is 0. The fraction of sp³-hybridized carbons (Fsp3) is 0.222. The molecule has 0 saturated carbocycles. The third-order valence-electron chi connectivity index (χ3n) is 1.89. The molecule has 0 spiro atoms. The Bertz CT molecular complexity index is 503. The number of pyridine rings is 1. The molecule has 0 aromatic carbocycles. The number of aromatic nitrogens is 4. The van der Waals surface area contributed by atoms with Gasteiger partial charge in [0.2, 0.25) is 0 Å². The Hall–Kier alpha value is -1.92. The van der Waals surface area contributed by atoms with Gasteiger partial charge in [0.15, 0.2) is 5.82 Å². The van der Waals surface area contributed by atoms with Gasteiger partial charge in [0, 0.05) is 6.20 Å². The number of halogens is 3. The van der Waals surface area contributed by atoms with Crippen LogP contribution in [0.3, 0.4) is 0 Å². The number of aryl methyl sites for hydroxylation is 1. The molecule has 0 aliphatic carbocycles. The first-order chi connectivity index (χ1) is 7.48. The van der Waals surface area contributed by atoms with Crippen molar-refractivity contribution in [3.8, 4) is 5.82 Å². The summed E-state index contributed by atoms with van der Waals surface area (Å²) in [5.41, 5.74) is -0.329. The first-order valence-corrected chi connectivity index (χ1v) is 4.40. The second-order valence-electron chi connectivity index (χ2n) is 3.15. The molecule has 2 aromatic heterocycles. The van der Waals surface area contributed by atoms with Gasteiger partial charge in [0.25, 0.3) is 0 Å². The minimum atomic E-state index is -4.47. The quantitative estimate of drug-likeness (QED) is 0.749. The highest BCUT2D eigenvalue weighted by molar-refractivity contribution is 5.33. The van der Waals surface area contributed by atoms with Gasteiger partial charge in [0.05, 0.1) is 11.9 Å². The van der Waals surface area contributed by atoms with Crippen molar-refractivity contribution >= 4 is 0 Å². The molecule has 7 heteroatoms. The van der Waals surface area contributed by atoms with Crippen molar-refractivity contribution < 1.29 is 13.2 Å². The van der Waals surface area contributed by atoms with Gasteiger partial charge in [-0.2, -0.15) is 23.4 Å². The van der Waals surface area contributed by atoms with Gasteiger partial charge in [-0.05, 0) is 19.1 Å². The van der Waals surface area contributed by atoms with Gasteiger partial charge >= 0.3 is 6.18 Å². The van der Waals surface area contributed by atoms with Gasteiger partial charge in [-0.3, -0.25) is 0 Å². The molecule has 0 unspecified atom stereocenters. The molecule has 0 N–H and O–H groups in total. The van der Waals surface area contributed by atoms with E-state index in [1.54, 1.807) is 6.92 Å². The molecule has 0 radical (unpaired) electrons. The van der Waals surface area contributed by atoms with E-state index in [2.05, 4.69) is 15.2 Å². The van der Waals surface area contributed by atoms with Crippen LogP contribution in [0.2, 0.25) is 0 Å². The van der Waals surface area contributed by atoms with E-state index in [9.17, 15) is 13.2 Å². The Morgan fingerprint density at radius 2 is 2.06 bits per heavy atom. The van der Waals surface area contributed by atoms with Crippen molar-refractivity contribution in [1.29, 1.82) is 0 Å². The zero-order chi connectivity index (χ0) is 11.8. The molecule has 16 heavy (non-hydrogen) atoms. The van der Waals surface area contributed by atoms with Gasteiger partial charge in [-0.1, -0.05) is 0 Å². The van der Waals surface area contributed by atoms with Crippen molar-refractivity contribution in [2.75, 3.05) is 0 Å². The molecule has 84 valence electrons. The molecule has 2 heterocycles. The lowest BCUT2D eigenvalue weighted by Crippen LogP contribution is -2.13. The first kappa shape index (κ1) is 10.6. The fourth-order valence-electron chi connectivity index (χ4n) is 1.22. The number of hydrogen-bond acceptors (Lipinski definition) is 3. The predicted molar refractivity (Wildman–Crippen MR) is 48.9 cm³/mol. The summed E-state index contributed by atoms with van der Waals surface area (Å²) in [6.07, 6.45) is -1.83. The predicted octanol–water partition coefficient (Wildman–Crippen LogP) is 1.99. The molecule has 0 aliphatic rings. The minimum Gasteiger partial charge on any atom is -0.235 e. The lowest BCUT2D eigenvalue weighted by Gasteiger charge is -2.09. The largest absolute Gasteiger partial charge is 0.420 e. The van der Waals surface area contributed by atoms with Crippen LogP contribution < -0.4 is 0 Å². The van der Waals surface area contributed by atoms with Crippen LogP contribution in [0, 0.1) is 6.92 Å². The lowest BCUT2D eigenvalue weighted by atomic mass is 10.2. The highest BCUT2D eigenvalue weighted by atomic mass is 19.4. The normalized spacial score (nSPS) is 11.8. The molecule has 0 saturated heterocycles. The lowest BCUT2D eigenvalue weighted by molar-refractivity contribution is -0.137. The average Bonchev–Trinajstić information content (AvgIpc) is 2.64. The Labute approximate surface area is 88.7 Å². The van der Waals surface area contributed by atoms with E-state index in [0.717, 1.165) is 10.9 Å². The van der Waals surface area contributed by atoms with Gasteiger partial charge in [-0.25, -0.2) is 4.98 Å². The SMILES string of the molecule is Cc1cnn(-c2ncccc2C(F)(F)F)n1. The van der Waals surface area contributed by atoms with Gasteiger partial charge in [0.1, 0.15) is 5.56 Å². The standard InChI is InChI=1S/C9H7F3N4/c1-6-5-14-16(15-6)8-7(9(10,11)12)3-2-4-13-8/h2-5H,1H3. The topological polar surface area (TPSA) is 43.6 Å². The van der Waals surface area contributed by atoms with Crippen LogP contribution >= 0.6 is 0 Å². The molecule has 0 bridgehead atoms. The van der Waals surface area contributed by atoms with E-state index in [-0.39, 0.29) is 5.82 Å². The van der Waals surface area contributed by atoms with Crippen LogP contribution in [-0.2, 0) is 6.18 Å². The Morgan fingerprint density at radius 1 is 1.31 bits per heavy atom. The second-order valence-corrected chi connectivity index (χ2v) is 3.15. The number of alkyl halides is 3. The van der Waals surface area contributed by atoms with Crippen molar-refractivity contribution in [3.05, 3.63) is 35.8 Å². The highest BCUT2D eigenvalue weighted by Crippen LogP contribution is 2.31. The van der Waals surface area contributed by atoms with Crippen molar-refractivity contribution in [1.82, 2.24) is 20.0 Å². The van der Waals surface area contributed by atoms with Crippen LogP contribution in [-0.4, -0.2) is 20.0 Å². The molecular formula is C9H7F3N4. The maximum atomic E-state index is 12.6. The Morgan fingerprint density at radius 3 is 2.62 bits per heavy atom. The molecule has 0 amide bonds. The fourth-order valence-corrected chi connectivity index (χ4v) is 1.22. The highest BCUT2D eigenvalue weighted by Gasteiger charge is 2.35. The molecule has 4 nitrogen and oxygen atoms in total. The summed E-state index contributed by atoms with van der Waals surface area (Å²) in [5.74, 6) is -0.317. The van der Waals surface area contributed by atoms with E-state index >= 15 is 0 Å². The molecule has 0 atom stereocenters. The summed E-state index contributed by atoms with van der Waals surface area (Å²) in [4.78, 5) is 4.52. The number of hydrogen-bond donors (Lipinski definition) is 0. The van der Waals surface area contributed by atoms with Gasteiger partial charge in [-0.15, -0.1) is 4.80 Å². The molecule has 2 rings (SSSR count). The zero-order valence-electron chi connectivity index (χ0n) is 8.23. The van der Waals surface area contributed by atoms with Crippen molar-refractivity contribution in [2.45, 2.75) is 13.1 Å². The van der Waals surface area contributed by atoms with Crippen molar-refractivity contribution in [3.63, 3.8) is 0 Å². The third-order valence-corrected chi connectivity index (χ3v) is 1.89. The van der Waals surface area contributed by atoms with Crippen LogP contribution in [0.1, 0.15) is 11.3 Å². The van der Waals surface area contributed by atoms with E-state index in [0.29, 0.717) is 5.69 Å². The molecule has 0 aliphatic heterocycles. The van der Waals surface area contributed by atoms with Crippen LogP contribution in [0.4, 0.5) is 13.2 Å². The maximum Gasteiger partial charge on any atom is 0.420 e. The number of rotatable bonds is 1. The van der Waals surface area contributed by atoms with Crippen LogP contribution in [0.25, 0.3) is 5.82 Å². The zero-order valence-corrected chi connectivity index (χ0v) is 8.23. The summed E-state index contributed by atoms with van der Waals surface area (Å²) in [5, 5.41) is 7.50.